The smallest absolute Gasteiger partial charge is 0.321 e. The molecule has 2 rings (SSSR count). The molecule has 0 spiro atoms. The van der Waals surface area contributed by atoms with E-state index in [0.29, 0.717) is 5.52 Å². The topological polar surface area (TPSA) is 73.3 Å². The Hall–Kier alpha value is -1.47. The first-order valence-electron chi connectivity index (χ1n) is 4.68. The number of methoxy groups -OCH3 is 1. The van der Waals surface area contributed by atoms with Crippen molar-refractivity contribution in [3.8, 4) is 0 Å². The number of hydrogen-bond donors (Lipinski definition) is 0. The Labute approximate surface area is 102 Å². The third-order valence-corrected chi connectivity index (χ3v) is 5.16. The summed E-state index contributed by atoms with van der Waals surface area (Å²) in [4.78, 5) is 15.0. The molecule has 7 heteroatoms. The van der Waals surface area contributed by atoms with Gasteiger partial charge in [0.1, 0.15) is 0 Å². The van der Waals surface area contributed by atoms with E-state index in [9.17, 15) is 13.2 Å². The molecule has 1 heterocycles. The minimum atomic E-state index is -3.70. The molecular weight excluding hydrogens is 262 g/mol. The number of ether oxygens (including phenoxy) is 1. The predicted octanol–water partition coefficient (Wildman–Crippen LogP) is 1.24. The normalized spacial score (nSPS) is 11.6. The van der Waals surface area contributed by atoms with Crippen LogP contribution in [-0.4, -0.2) is 32.2 Å². The molecule has 0 saturated heterocycles. The molecule has 0 fully saturated rings. The van der Waals surface area contributed by atoms with Crippen molar-refractivity contribution in [1.29, 1.82) is 0 Å². The molecule has 0 N–H and O–H groups in total. The molecular formula is C10H9NO4S2. The predicted molar refractivity (Wildman–Crippen MR) is 63.7 cm³/mol. The highest BCUT2D eigenvalue weighted by Gasteiger charge is 2.23. The quantitative estimate of drug-likeness (QED) is 0.785. The monoisotopic (exact) mass is 271 g/mol. The van der Waals surface area contributed by atoms with Gasteiger partial charge < -0.3 is 4.74 Å². The number of thiazole rings is 1. The van der Waals surface area contributed by atoms with Crippen LogP contribution < -0.4 is 0 Å². The lowest BCUT2D eigenvalue weighted by atomic mass is 10.3. The van der Waals surface area contributed by atoms with Crippen molar-refractivity contribution >= 4 is 37.4 Å². The average Bonchev–Trinajstić information content (AvgIpc) is 2.72. The molecule has 0 bridgehead atoms. The summed E-state index contributed by atoms with van der Waals surface area (Å²) in [5.74, 6) is -1.46. The first-order valence-corrected chi connectivity index (χ1v) is 7.15. The van der Waals surface area contributed by atoms with Gasteiger partial charge in [-0.2, -0.15) is 0 Å². The fraction of sp³-hybridized carbons (Fsp3) is 0.200. The lowest BCUT2D eigenvalue weighted by Gasteiger charge is -1.97. The van der Waals surface area contributed by atoms with Gasteiger partial charge >= 0.3 is 5.97 Å². The fourth-order valence-corrected chi connectivity index (χ4v) is 3.70. The van der Waals surface area contributed by atoms with E-state index in [0.717, 1.165) is 23.1 Å². The van der Waals surface area contributed by atoms with Crippen LogP contribution in [0.3, 0.4) is 0 Å². The largest absolute Gasteiger partial charge is 0.468 e. The second kappa shape index (κ2) is 4.42. The number of fused-ring (bicyclic) bond motifs is 1. The van der Waals surface area contributed by atoms with E-state index in [-0.39, 0.29) is 4.34 Å². The van der Waals surface area contributed by atoms with Crippen LogP contribution in [-0.2, 0) is 19.4 Å². The Morgan fingerprint density at radius 3 is 2.76 bits per heavy atom. The zero-order chi connectivity index (χ0) is 12.5. The van der Waals surface area contributed by atoms with Crippen LogP contribution in [0.1, 0.15) is 0 Å². The number of nitrogens with zero attached hydrogens (tertiary/aromatic N) is 1. The van der Waals surface area contributed by atoms with Crippen molar-refractivity contribution in [1.82, 2.24) is 4.98 Å². The van der Waals surface area contributed by atoms with Crippen molar-refractivity contribution in [2.75, 3.05) is 12.9 Å². The first-order chi connectivity index (χ1) is 8.03. The standard InChI is InChI=1S/C10H9NO4S2/c1-15-9(12)6-17(13,14)10-11-7-4-2-3-5-8(7)16-10/h2-5H,6H2,1H3. The van der Waals surface area contributed by atoms with Gasteiger partial charge in [-0.1, -0.05) is 12.1 Å². The Morgan fingerprint density at radius 1 is 1.41 bits per heavy atom. The second-order valence-corrected chi connectivity index (χ2v) is 6.48. The first kappa shape index (κ1) is 12.0. The van der Waals surface area contributed by atoms with Crippen molar-refractivity contribution in [2.24, 2.45) is 0 Å². The van der Waals surface area contributed by atoms with Gasteiger partial charge in [-0.15, -0.1) is 11.3 Å². The summed E-state index contributed by atoms with van der Waals surface area (Å²) < 4.78 is 28.7. The van der Waals surface area contributed by atoms with Crippen molar-refractivity contribution in [3.63, 3.8) is 0 Å². The van der Waals surface area contributed by atoms with Gasteiger partial charge in [0.2, 0.25) is 14.2 Å². The zero-order valence-electron chi connectivity index (χ0n) is 8.91. The van der Waals surface area contributed by atoms with Gasteiger partial charge in [-0.3, -0.25) is 4.79 Å². The van der Waals surface area contributed by atoms with Gasteiger partial charge in [-0.05, 0) is 12.1 Å². The summed E-state index contributed by atoms with van der Waals surface area (Å²) in [5, 5.41) is 0. The third-order valence-electron chi connectivity index (χ3n) is 2.08. The van der Waals surface area contributed by atoms with Gasteiger partial charge in [0.15, 0.2) is 5.75 Å². The molecule has 17 heavy (non-hydrogen) atoms. The summed E-state index contributed by atoms with van der Waals surface area (Å²) in [7, 11) is -2.55. The van der Waals surface area contributed by atoms with Crippen LogP contribution in [0.15, 0.2) is 28.6 Å². The van der Waals surface area contributed by atoms with E-state index < -0.39 is 21.6 Å². The average molecular weight is 271 g/mol. The number of aromatic nitrogens is 1. The van der Waals surface area contributed by atoms with Crippen molar-refractivity contribution < 1.29 is 17.9 Å². The molecule has 0 aliphatic rings. The maximum Gasteiger partial charge on any atom is 0.321 e. The van der Waals surface area contributed by atoms with E-state index in [2.05, 4.69) is 9.72 Å². The lowest BCUT2D eigenvalue weighted by Crippen LogP contribution is -2.17. The maximum atomic E-state index is 11.8. The fourth-order valence-electron chi connectivity index (χ4n) is 1.26. The molecule has 90 valence electrons. The van der Waals surface area contributed by atoms with Gasteiger partial charge in [0, 0.05) is 0 Å². The Balaban J connectivity index is 2.42. The summed E-state index contributed by atoms with van der Waals surface area (Å²) >= 11 is 1.05. The Bertz CT molecular complexity index is 627. The minimum Gasteiger partial charge on any atom is -0.468 e. The van der Waals surface area contributed by atoms with Gasteiger partial charge in [0.25, 0.3) is 0 Å². The van der Waals surface area contributed by atoms with Crippen LogP contribution in [0.2, 0.25) is 0 Å². The zero-order valence-corrected chi connectivity index (χ0v) is 10.5. The highest BCUT2D eigenvalue weighted by atomic mass is 32.2. The van der Waals surface area contributed by atoms with Crippen molar-refractivity contribution in [3.05, 3.63) is 24.3 Å². The number of sulfone groups is 1. The van der Waals surface area contributed by atoms with E-state index in [1.165, 1.54) is 0 Å². The number of benzene rings is 1. The summed E-state index contributed by atoms with van der Waals surface area (Å²) in [6, 6.07) is 7.09. The second-order valence-electron chi connectivity index (χ2n) is 3.28. The van der Waals surface area contributed by atoms with Gasteiger partial charge in [0.05, 0.1) is 17.3 Å². The number of carbonyl (C=O) groups is 1. The van der Waals surface area contributed by atoms with Crippen LogP contribution in [0, 0.1) is 0 Å². The van der Waals surface area contributed by atoms with E-state index >= 15 is 0 Å². The molecule has 1 aromatic heterocycles. The van der Waals surface area contributed by atoms with Crippen LogP contribution in [0.25, 0.3) is 10.2 Å². The number of esters is 1. The third kappa shape index (κ3) is 2.45. The number of para-hydroxylation sites is 1. The van der Waals surface area contributed by atoms with E-state index in [1.54, 1.807) is 24.3 Å². The van der Waals surface area contributed by atoms with Crippen LogP contribution >= 0.6 is 11.3 Å². The highest BCUT2D eigenvalue weighted by molar-refractivity contribution is 7.94. The molecule has 0 saturated carbocycles. The molecule has 0 aliphatic heterocycles. The summed E-state index contributed by atoms with van der Waals surface area (Å²) in [6.45, 7) is 0. The number of carbonyl (C=O) groups excluding carboxylic acids is 1. The summed E-state index contributed by atoms with van der Waals surface area (Å²) in [6.07, 6.45) is 0. The van der Waals surface area contributed by atoms with E-state index in [1.807, 2.05) is 0 Å². The molecule has 5 nitrogen and oxygen atoms in total. The molecule has 0 amide bonds. The summed E-state index contributed by atoms with van der Waals surface area (Å²) in [5.41, 5.74) is 0.612. The Morgan fingerprint density at radius 2 is 2.12 bits per heavy atom. The van der Waals surface area contributed by atoms with Gasteiger partial charge in [-0.25, -0.2) is 13.4 Å². The van der Waals surface area contributed by atoms with E-state index in [4.69, 9.17) is 0 Å². The molecule has 2 aromatic rings. The van der Waals surface area contributed by atoms with Crippen LogP contribution in [0.5, 0.6) is 0 Å². The molecule has 0 aliphatic carbocycles. The minimum absolute atomic E-state index is 0.0518. The highest BCUT2D eigenvalue weighted by Crippen LogP contribution is 2.25. The number of rotatable bonds is 3. The Kier molecular flexibility index (Phi) is 3.12. The number of hydrogen-bond acceptors (Lipinski definition) is 6. The maximum absolute atomic E-state index is 11.8. The SMILES string of the molecule is COC(=O)CS(=O)(=O)c1nc2ccccc2s1. The molecule has 0 radical (unpaired) electrons. The lowest BCUT2D eigenvalue weighted by molar-refractivity contribution is -0.137. The molecule has 1 aromatic carbocycles. The van der Waals surface area contributed by atoms with Crippen molar-refractivity contribution in [2.45, 2.75) is 4.34 Å². The van der Waals surface area contributed by atoms with Crippen LogP contribution in [0.4, 0.5) is 0 Å². The molecule has 0 atom stereocenters. The molecule has 0 unspecified atom stereocenters.